The molecule has 0 aromatic heterocycles. The van der Waals surface area contributed by atoms with Gasteiger partial charge in [-0.2, -0.15) is 0 Å². The van der Waals surface area contributed by atoms with Gasteiger partial charge in [0.25, 0.3) is 0 Å². The summed E-state index contributed by atoms with van der Waals surface area (Å²) in [5.74, 6) is 0. The van der Waals surface area contributed by atoms with Crippen LogP contribution in [0.2, 0.25) is 0 Å². The maximum Gasteiger partial charge on any atom is 0.510 e. The summed E-state index contributed by atoms with van der Waals surface area (Å²) < 4.78 is 10.4. The van der Waals surface area contributed by atoms with Gasteiger partial charge < -0.3 is 9.47 Å². The van der Waals surface area contributed by atoms with Gasteiger partial charge in [-0.1, -0.05) is 49.1 Å². The number of hydrogen-bond donors (Lipinski definition) is 0. The topological polar surface area (TPSA) is 35.5 Å². The zero-order chi connectivity index (χ0) is 12.3. The molecule has 1 heterocycles. The molecule has 0 spiro atoms. The number of ether oxygens (including phenoxy) is 2. The summed E-state index contributed by atoms with van der Waals surface area (Å²) in [6.07, 6.45) is 4.07. The van der Waals surface area contributed by atoms with Gasteiger partial charge in [-0.15, -0.1) is 0 Å². The summed E-state index contributed by atoms with van der Waals surface area (Å²) in [6, 6.07) is 9.55. The molecule has 1 fully saturated rings. The molecule has 1 aliphatic heterocycles. The molecule has 3 heteroatoms. The fraction of sp³-hybridized carbons (Fsp3) is 0.214. The number of rotatable bonds is 3. The maximum absolute atomic E-state index is 11.3. The molecule has 88 valence electrons. The summed E-state index contributed by atoms with van der Waals surface area (Å²) >= 11 is 0. The van der Waals surface area contributed by atoms with Crippen molar-refractivity contribution in [1.29, 1.82) is 0 Å². The second-order valence-corrected chi connectivity index (χ2v) is 3.98. The molecule has 2 rings (SSSR count). The summed E-state index contributed by atoms with van der Waals surface area (Å²) in [4.78, 5) is 11.3. The fourth-order valence-electron chi connectivity index (χ4n) is 1.87. The Morgan fingerprint density at radius 1 is 1.35 bits per heavy atom. The monoisotopic (exact) mass is 230 g/mol. The minimum absolute atomic E-state index is 0.435. The zero-order valence-corrected chi connectivity index (χ0v) is 9.63. The van der Waals surface area contributed by atoms with E-state index in [1.54, 1.807) is 18.2 Å². The van der Waals surface area contributed by atoms with Gasteiger partial charge in [-0.3, -0.25) is 0 Å². The first-order valence-corrected chi connectivity index (χ1v) is 5.41. The Bertz CT molecular complexity index is 450. The standard InChI is InChI=1S/C14H14O3/c1-3-4-10-12-14(2,17-13(15)16-12)11-8-6-5-7-9-11/h3-10,12H,1H2,2H3/t12?,14-/m0/s1. The number of cyclic esters (lactones) is 2. The average molecular weight is 230 g/mol. The van der Waals surface area contributed by atoms with E-state index < -0.39 is 17.9 Å². The van der Waals surface area contributed by atoms with Crippen LogP contribution in [0.15, 0.2) is 55.1 Å². The number of carbonyl (C=O) groups excluding carboxylic acids is 1. The number of carbonyl (C=O) groups is 1. The van der Waals surface area contributed by atoms with Gasteiger partial charge in [0.05, 0.1) is 0 Å². The molecular formula is C14H14O3. The maximum atomic E-state index is 11.3. The van der Waals surface area contributed by atoms with Crippen molar-refractivity contribution in [2.75, 3.05) is 0 Å². The lowest BCUT2D eigenvalue weighted by Gasteiger charge is -2.25. The van der Waals surface area contributed by atoms with E-state index in [9.17, 15) is 4.79 Å². The van der Waals surface area contributed by atoms with Gasteiger partial charge >= 0.3 is 6.16 Å². The molecule has 3 nitrogen and oxygen atoms in total. The quantitative estimate of drug-likeness (QED) is 0.591. The van der Waals surface area contributed by atoms with Gasteiger partial charge in [0.15, 0.2) is 11.7 Å². The normalized spacial score (nSPS) is 27.8. The zero-order valence-electron chi connectivity index (χ0n) is 9.63. The first-order chi connectivity index (χ1) is 8.16. The van der Waals surface area contributed by atoms with Crippen molar-refractivity contribution >= 4 is 6.16 Å². The largest absolute Gasteiger partial charge is 0.510 e. The van der Waals surface area contributed by atoms with Gasteiger partial charge in [-0.05, 0) is 18.6 Å². The van der Waals surface area contributed by atoms with Crippen molar-refractivity contribution in [1.82, 2.24) is 0 Å². The highest BCUT2D eigenvalue weighted by Gasteiger charge is 2.47. The highest BCUT2D eigenvalue weighted by atomic mass is 16.8. The number of hydrogen-bond acceptors (Lipinski definition) is 3. The van der Waals surface area contributed by atoms with Crippen LogP contribution in [-0.4, -0.2) is 12.3 Å². The lowest BCUT2D eigenvalue weighted by molar-refractivity contribution is 0.0576. The van der Waals surface area contributed by atoms with E-state index in [0.29, 0.717) is 0 Å². The lowest BCUT2D eigenvalue weighted by Crippen LogP contribution is -2.32. The number of allylic oxidation sites excluding steroid dienone is 2. The molecule has 17 heavy (non-hydrogen) atoms. The molecule has 0 aliphatic carbocycles. The van der Waals surface area contributed by atoms with Crippen LogP contribution < -0.4 is 0 Å². The SMILES string of the molecule is C=CC=CC1OC(=O)O[C@@]1(C)c1ccccc1. The van der Waals surface area contributed by atoms with E-state index in [4.69, 9.17) is 9.47 Å². The molecule has 0 bridgehead atoms. The predicted octanol–water partition coefficient (Wildman–Crippen LogP) is 3.18. The number of benzene rings is 1. The van der Waals surface area contributed by atoms with E-state index in [2.05, 4.69) is 6.58 Å². The van der Waals surface area contributed by atoms with E-state index >= 15 is 0 Å². The third-order valence-corrected chi connectivity index (χ3v) is 2.83. The Balaban J connectivity index is 2.36. The minimum atomic E-state index is -0.780. The van der Waals surface area contributed by atoms with Crippen molar-refractivity contribution < 1.29 is 14.3 Å². The summed E-state index contributed by atoms with van der Waals surface area (Å²) in [6.45, 7) is 5.43. The molecular weight excluding hydrogens is 216 g/mol. The Morgan fingerprint density at radius 3 is 2.71 bits per heavy atom. The van der Waals surface area contributed by atoms with E-state index in [1.165, 1.54) is 0 Å². The van der Waals surface area contributed by atoms with Crippen LogP contribution in [0.25, 0.3) is 0 Å². The van der Waals surface area contributed by atoms with Gasteiger partial charge in [0.2, 0.25) is 0 Å². The fourth-order valence-corrected chi connectivity index (χ4v) is 1.87. The Labute approximate surface area is 100 Å². The summed E-state index contributed by atoms with van der Waals surface area (Å²) in [5.41, 5.74) is 0.127. The molecule has 0 radical (unpaired) electrons. The Morgan fingerprint density at radius 2 is 2.06 bits per heavy atom. The van der Waals surface area contributed by atoms with Crippen LogP contribution in [0.3, 0.4) is 0 Å². The molecule has 0 N–H and O–H groups in total. The first-order valence-electron chi connectivity index (χ1n) is 5.41. The second-order valence-electron chi connectivity index (χ2n) is 3.98. The van der Waals surface area contributed by atoms with Crippen LogP contribution in [0.4, 0.5) is 4.79 Å². The van der Waals surface area contributed by atoms with Gasteiger partial charge in [0, 0.05) is 0 Å². The molecule has 1 aliphatic rings. The second kappa shape index (κ2) is 4.45. The Hall–Kier alpha value is -2.03. The van der Waals surface area contributed by atoms with E-state index in [-0.39, 0.29) is 0 Å². The van der Waals surface area contributed by atoms with Crippen molar-refractivity contribution in [3.63, 3.8) is 0 Å². The average Bonchev–Trinajstić information content (AvgIpc) is 2.64. The highest BCUT2D eigenvalue weighted by Crippen LogP contribution is 2.37. The molecule has 0 amide bonds. The van der Waals surface area contributed by atoms with Crippen molar-refractivity contribution in [2.24, 2.45) is 0 Å². The van der Waals surface area contributed by atoms with Crippen molar-refractivity contribution in [3.05, 3.63) is 60.7 Å². The summed E-state index contributed by atoms with van der Waals surface area (Å²) in [7, 11) is 0. The third-order valence-electron chi connectivity index (χ3n) is 2.83. The van der Waals surface area contributed by atoms with Crippen LogP contribution in [0.1, 0.15) is 12.5 Å². The van der Waals surface area contributed by atoms with Gasteiger partial charge in [0.1, 0.15) is 0 Å². The van der Waals surface area contributed by atoms with Gasteiger partial charge in [-0.25, -0.2) is 4.79 Å². The molecule has 1 aromatic carbocycles. The first kappa shape index (κ1) is 11.5. The van der Waals surface area contributed by atoms with Crippen LogP contribution >= 0.6 is 0 Å². The molecule has 1 aromatic rings. The molecule has 2 atom stereocenters. The van der Waals surface area contributed by atoms with Crippen LogP contribution in [-0.2, 0) is 15.1 Å². The molecule has 1 unspecified atom stereocenters. The van der Waals surface area contributed by atoms with Crippen molar-refractivity contribution in [3.8, 4) is 0 Å². The predicted molar refractivity (Wildman–Crippen MR) is 64.5 cm³/mol. The minimum Gasteiger partial charge on any atom is -0.422 e. The lowest BCUT2D eigenvalue weighted by atomic mass is 9.90. The van der Waals surface area contributed by atoms with Crippen molar-refractivity contribution in [2.45, 2.75) is 18.6 Å². The highest BCUT2D eigenvalue weighted by molar-refractivity contribution is 5.64. The molecule has 1 saturated heterocycles. The third kappa shape index (κ3) is 2.09. The van der Waals surface area contributed by atoms with Crippen LogP contribution in [0.5, 0.6) is 0 Å². The van der Waals surface area contributed by atoms with Crippen LogP contribution in [0, 0.1) is 0 Å². The van der Waals surface area contributed by atoms with E-state index in [0.717, 1.165) is 5.56 Å². The van der Waals surface area contributed by atoms with E-state index in [1.807, 2.05) is 37.3 Å². The Kier molecular flexibility index (Phi) is 3.00. The molecule has 0 saturated carbocycles. The summed E-state index contributed by atoms with van der Waals surface area (Å²) in [5, 5.41) is 0. The smallest absolute Gasteiger partial charge is 0.422 e.